The minimum absolute atomic E-state index is 1.19. The van der Waals surface area contributed by atoms with E-state index in [0.29, 0.717) is 0 Å². The lowest BCUT2D eigenvalue weighted by Crippen LogP contribution is -1.82. The van der Waals surface area contributed by atoms with E-state index in [2.05, 4.69) is 38.2 Å². The highest BCUT2D eigenvalue weighted by atomic mass is 14.0. The van der Waals surface area contributed by atoms with Crippen LogP contribution in [0.25, 0.3) is 0 Å². The van der Waals surface area contributed by atoms with Gasteiger partial charge in [-0.1, -0.05) is 35.5 Å². The second-order valence-electron chi connectivity index (χ2n) is 4.28. The van der Waals surface area contributed by atoms with Gasteiger partial charge >= 0.3 is 0 Å². The summed E-state index contributed by atoms with van der Waals surface area (Å²) in [4.78, 5) is 0. The Labute approximate surface area is 88.4 Å². The van der Waals surface area contributed by atoms with Crippen molar-refractivity contribution in [1.82, 2.24) is 0 Å². The predicted octanol–water partition coefficient (Wildman–Crippen LogP) is 4.79. The van der Waals surface area contributed by atoms with Crippen molar-refractivity contribution in [2.75, 3.05) is 0 Å². The molecule has 0 aromatic rings. The van der Waals surface area contributed by atoms with Crippen LogP contribution < -0.4 is 0 Å². The van der Waals surface area contributed by atoms with Crippen molar-refractivity contribution in [1.29, 1.82) is 0 Å². The molecule has 0 unspecified atom stereocenters. The smallest absolute Gasteiger partial charge is 0.0288 e. The highest BCUT2D eigenvalue weighted by molar-refractivity contribution is 5.11. The van der Waals surface area contributed by atoms with Crippen molar-refractivity contribution in [2.24, 2.45) is 0 Å². The number of rotatable bonds is 0. The third-order valence-corrected chi connectivity index (χ3v) is 2.74. The summed E-state index contributed by atoms with van der Waals surface area (Å²) in [6.45, 7) is 4.48. The molecule has 0 saturated heterocycles. The van der Waals surface area contributed by atoms with Gasteiger partial charge in [-0.3, -0.25) is 0 Å². The average Bonchev–Trinajstić information content (AvgIpc) is 2.14. The molecule has 0 bridgehead atoms. The molecule has 0 spiro atoms. The molecule has 0 fully saturated rings. The van der Waals surface area contributed by atoms with Gasteiger partial charge in [0.05, 0.1) is 0 Å². The summed E-state index contributed by atoms with van der Waals surface area (Å²) >= 11 is 0. The fraction of sp³-hybridized carbons (Fsp3) is 0.571. The van der Waals surface area contributed by atoms with E-state index < -0.39 is 0 Å². The first-order valence-electron chi connectivity index (χ1n) is 5.77. The molecule has 0 aromatic heterocycles. The van der Waals surface area contributed by atoms with E-state index in [1.807, 2.05) is 0 Å². The van der Waals surface area contributed by atoms with Crippen LogP contribution >= 0.6 is 0 Å². The van der Waals surface area contributed by atoms with Gasteiger partial charge in [0.25, 0.3) is 0 Å². The van der Waals surface area contributed by atoms with Crippen molar-refractivity contribution >= 4 is 0 Å². The first-order chi connectivity index (χ1) is 6.79. The predicted molar refractivity (Wildman–Crippen MR) is 64.4 cm³/mol. The molecule has 0 N–H and O–H groups in total. The SMILES string of the molecule is C/C1=C/CCCC/C(C)=C/C=C\CC1. The third-order valence-electron chi connectivity index (χ3n) is 2.74. The topological polar surface area (TPSA) is 0 Å². The first kappa shape index (κ1) is 11.3. The maximum atomic E-state index is 2.41. The van der Waals surface area contributed by atoms with E-state index in [1.165, 1.54) is 44.1 Å². The monoisotopic (exact) mass is 190 g/mol. The summed E-state index contributed by atoms with van der Waals surface area (Å²) in [5.41, 5.74) is 3.07. The molecule has 0 aromatic carbocycles. The van der Waals surface area contributed by atoms with Gasteiger partial charge < -0.3 is 0 Å². The van der Waals surface area contributed by atoms with Crippen LogP contribution in [-0.2, 0) is 0 Å². The summed E-state index contributed by atoms with van der Waals surface area (Å²) in [5, 5.41) is 0. The summed E-state index contributed by atoms with van der Waals surface area (Å²) in [6, 6.07) is 0. The van der Waals surface area contributed by atoms with Gasteiger partial charge in [-0.05, 0) is 52.4 Å². The van der Waals surface area contributed by atoms with E-state index in [4.69, 9.17) is 0 Å². The molecule has 14 heavy (non-hydrogen) atoms. The summed E-state index contributed by atoms with van der Waals surface area (Å²) < 4.78 is 0. The Bertz CT molecular complexity index is 241. The fourth-order valence-electron chi connectivity index (χ4n) is 1.72. The largest absolute Gasteiger partial charge is 0.0856 e. The molecule has 0 heteroatoms. The average molecular weight is 190 g/mol. The standard InChI is InChI=1S/C14H22/c1-13-9-5-3-7-11-14(2)12-8-4-6-10-13/h3,5,9,12H,4,6-8,10-11H2,1-2H3/b5-3-,13-9+,14-12-. The van der Waals surface area contributed by atoms with E-state index in [9.17, 15) is 0 Å². The van der Waals surface area contributed by atoms with Crippen molar-refractivity contribution in [3.8, 4) is 0 Å². The highest BCUT2D eigenvalue weighted by Crippen LogP contribution is 2.13. The normalized spacial score (nSPS) is 30.1. The number of hydrogen-bond donors (Lipinski definition) is 0. The van der Waals surface area contributed by atoms with E-state index in [0.717, 1.165) is 0 Å². The maximum Gasteiger partial charge on any atom is -0.0288 e. The third kappa shape index (κ3) is 5.06. The molecule has 0 radical (unpaired) electrons. The fourth-order valence-corrected chi connectivity index (χ4v) is 1.72. The zero-order valence-corrected chi connectivity index (χ0v) is 9.55. The summed E-state index contributed by atoms with van der Waals surface area (Å²) in [6.07, 6.45) is 16.8. The second-order valence-corrected chi connectivity index (χ2v) is 4.28. The lowest BCUT2D eigenvalue weighted by molar-refractivity contribution is 0.737. The number of allylic oxidation sites excluding steroid dienone is 6. The van der Waals surface area contributed by atoms with Crippen molar-refractivity contribution in [3.63, 3.8) is 0 Å². The molecule has 1 rings (SSSR count). The van der Waals surface area contributed by atoms with E-state index in [1.54, 1.807) is 5.57 Å². The van der Waals surface area contributed by atoms with Gasteiger partial charge in [0.1, 0.15) is 0 Å². The van der Waals surface area contributed by atoms with Crippen molar-refractivity contribution in [2.45, 2.75) is 52.4 Å². The summed E-state index contributed by atoms with van der Waals surface area (Å²) in [5.74, 6) is 0. The Morgan fingerprint density at radius 2 is 1.79 bits per heavy atom. The van der Waals surface area contributed by atoms with Crippen LogP contribution in [0.4, 0.5) is 0 Å². The Morgan fingerprint density at radius 3 is 2.64 bits per heavy atom. The Morgan fingerprint density at radius 1 is 0.929 bits per heavy atom. The second kappa shape index (κ2) is 6.64. The van der Waals surface area contributed by atoms with Crippen molar-refractivity contribution in [3.05, 3.63) is 35.5 Å². The molecular formula is C14H22. The molecule has 0 heterocycles. The Balaban J connectivity index is 2.51. The van der Waals surface area contributed by atoms with Gasteiger partial charge in [0, 0.05) is 0 Å². The molecular weight excluding hydrogens is 168 g/mol. The molecule has 0 nitrogen and oxygen atoms in total. The quantitative estimate of drug-likeness (QED) is 0.482. The van der Waals surface area contributed by atoms with Gasteiger partial charge in [0.15, 0.2) is 0 Å². The molecule has 78 valence electrons. The van der Waals surface area contributed by atoms with Crippen LogP contribution in [0.5, 0.6) is 0 Å². The zero-order valence-electron chi connectivity index (χ0n) is 9.55. The van der Waals surface area contributed by atoms with Gasteiger partial charge in [0.2, 0.25) is 0 Å². The molecule has 0 atom stereocenters. The lowest BCUT2D eigenvalue weighted by Gasteiger charge is -2.02. The van der Waals surface area contributed by atoms with Crippen LogP contribution in [0.3, 0.4) is 0 Å². The molecule has 1 aliphatic rings. The minimum Gasteiger partial charge on any atom is -0.0856 e. The molecule has 0 amide bonds. The molecule has 0 saturated carbocycles. The zero-order chi connectivity index (χ0) is 10.2. The Hall–Kier alpha value is -0.780. The minimum atomic E-state index is 1.19. The van der Waals surface area contributed by atoms with Crippen LogP contribution in [0, 0.1) is 0 Å². The Kier molecular flexibility index (Phi) is 5.36. The summed E-state index contributed by atoms with van der Waals surface area (Å²) in [7, 11) is 0. The van der Waals surface area contributed by atoms with Crippen molar-refractivity contribution < 1.29 is 0 Å². The van der Waals surface area contributed by atoms with Gasteiger partial charge in [-0.15, -0.1) is 0 Å². The number of hydrogen-bond acceptors (Lipinski definition) is 0. The highest BCUT2D eigenvalue weighted by Gasteiger charge is 1.93. The van der Waals surface area contributed by atoms with Crippen LogP contribution in [0.2, 0.25) is 0 Å². The van der Waals surface area contributed by atoms with Crippen LogP contribution in [0.15, 0.2) is 35.5 Å². The molecule has 0 aliphatic heterocycles. The van der Waals surface area contributed by atoms with Crippen LogP contribution in [-0.4, -0.2) is 0 Å². The van der Waals surface area contributed by atoms with Gasteiger partial charge in [-0.25, -0.2) is 0 Å². The first-order valence-corrected chi connectivity index (χ1v) is 5.77. The lowest BCUT2D eigenvalue weighted by atomic mass is 10.0. The maximum absolute atomic E-state index is 2.41. The van der Waals surface area contributed by atoms with Gasteiger partial charge in [-0.2, -0.15) is 0 Å². The van der Waals surface area contributed by atoms with E-state index >= 15 is 0 Å². The molecule has 1 aliphatic carbocycles. The van der Waals surface area contributed by atoms with E-state index in [-0.39, 0.29) is 0 Å². The van der Waals surface area contributed by atoms with Crippen LogP contribution in [0.1, 0.15) is 52.4 Å².